The lowest BCUT2D eigenvalue weighted by molar-refractivity contribution is 0.102. The maximum absolute atomic E-state index is 13.3. The second-order valence-electron chi connectivity index (χ2n) is 7.98. The fourth-order valence-electron chi connectivity index (χ4n) is 4.12. The second-order valence-corrected chi connectivity index (χ2v) is 8.93. The molecule has 3 aromatic heterocycles. The number of hydrogen-bond acceptors (Lipinski definition) is 6. The summed E-state index contributed by atoms with van der Waals surface area (Å²) in [4.78, 5) is 13.3. The molecule has 0 aliphatic carbocycles. The Bertz CT molecular complexity index is 1450. The monoisotopic (exact) mass is 484 g/mol. The van der Waals surface area contributed by atoms with Crippen LogP contribution in [0.2, 0.25) is 0 Å². The number of Topliss-reactive ketones (excluding diaryl/α,β-unsaturated/α-hetero) is 1. The minimum absolute atomic E-state index is 0.0324. The van der Waals surface area contributed by atoms with Crippen LogP contribution < -0.4 is 4.74 Å². The van der Waals surface area contributed by atoms with Gasteiger partial charge in [0.25, 0.3) is 0 Å². The number of hydrogen-bond donors (Lipinski definition) is 0. The van der Waals surface area contributed by atoms with E-state index in [9.17, 15) is 4.79 Å². The van der Waals surface area contributed by atoms with Crippen molar-refractivity contribution in [2.75, 3.05) is 12.9 Å². The number of aromatic nitrogens is 4. The lowest BCUT2D eigenvalue weighted by Gasteiger charge is -2.11. The first-order chi connectivity index (χ1) is 17.1. The number of methoxy groups -OCH3 is 1. The topological polar surface area (TPSA) is 75.1 Å². The molecule has 0 fully saturated rings. The molecule has 0 aliphatic heterocycles. The molecular formula is C27H24N4O3S. The van der Waals surface area contributed by atoms with Crippen molar-refractivity contribution in [3.05, 3.63) is 96.0 Å². The van der Waals surface area contributed by atoms with E-state index in [1.54, 1.807) is 13.4 Å². The van der Waals surface area contributed by atoms with Gasteiger partial charge in [-0.2, -0.15) is 0 Å². The average Bonchev–Trinajstić information content (AvgIpc) is 3.62. The molecule has 0 amide bonds. The van der Waals surface area contributed by atoms with E-state index in [1.165, 1.54) is 11.8 Å². The zero-order valence-corrected chi connectivity index (χ0v) is 20.5. The number of aryl methyl sites for hydroxylation is 1. The number of carbonyl (C=O) groups is 1. The molecule has 2 aromatic carbocycles. The van der Waals surface area contributed by atoms with E-state index < -0.39 is 0 Å². The van der Waals surface area contributed by atoms with E-state index in [0.717, 1.165) is 28.5 Å². The van der Waals surface area contributed by atoms with Gasteiger partial charge in [0.1, 0.15) is 5.75 Å². The number of thioether (sulfide) groups is 1. The van der Waals surface area contributed by atoms with Crippen molar-refractivity contribution in [2.45, 2.75) is 19.0 Å². The third kappa shape index (κ3) is 4.40. The molecule has 0 atom stereocenters. The van der Waals surface area contributed by atoms with Crippen molar-refractivity contribution in [2.24, 2.45) is 0 Å². The van der Waals surface area contributed by atoms with Gasteiger partial charge in [-0.3, -0.25) is 9.36 Å². The van der Waals surface area contributed by atoms with Gasteiger partial charge in [-0.05, 0) is 68.4 Å². The summed E-state index contributed by atoms with van der Waals surface area (Å²) in [6.45, 7) is 3.97. The van der Waals surface area contributed by atoms with Crippen LogP contribution in [-0.2, 0) is 0 Å². The molecule has 0 saturated carbocycles. The number of rotatable bonds is 8. The van der Waals surface area contributed by atoms with Gasteiger partial charge < -0.3 is 13.7 Å². The highest BCUT2D eigenvalue weighted by Crippen LogP contribution is 2.30. The smallest absolute Gasteiger partial charge is 0.205 e. The summed E-state index contributed by atoms with van der Waals surface area (Å²) in [7, 11) is 1.64. The van der Waals surface area contributed by atoms with Crippen molar-refractivity contribution in [1.29, 1.82) is 0 Å². The van der Waals surface area contributed by atoms with Gasteiger partial charge >= 0.3 is 0 Å². The third-order valence-corrected chi connectivity index (χ3v) is 6.71. The van der Waals surface area contributed by atoms with Crippen LogP contribution in [-0.4, -0.2) is 38.0 Å². The predicted octanol–water partition coefficient (Wildman–Crippen LogP) is 5.92. The number of ether oxygens (including phenoxy) is 1. The van der Waals surface area contributed by atoms with Gasteiger partial charge in [0.05, 0.1) is 19.1 Å². The molecule has 0 N–H and O–H groups in total. The molecule has 7 nitrogen and oxygen atoms in total. The van der Waals surface area contributed by atoms with Gasteiger partial charge in [0.15, 0.2) is 16.7 Å². The van der Waals surface area contributed by atoms with Crippen molar-refractivity contribution < 1.29 is 13.9 Å². The Hall–Kier alpha value is -4.04. The summed E-state index contributed by atoms with van der Waals surface area (Å²) in [5.41, 5.74) is 4.48. The summed E-state index contributed by atoms with van der Waals surface area (Å²) < 4.78 is 14.8. The Kier molecular flexibility index (Phi) is 6.29. The number of carbonyl (C=O) groups excluding carboxylic acids is 1. The van der Waals surface area contributed by atoms with Crippen molar-refractivity contribution >= 4 is 17.5 Å². The Labute approximate surface area is 207 Å². The standard InChI is InChI=1S/C27H24N4O3S/c1-18-16-23(19(2)30(18)21-11-13-22(33-3)14-12-21)24(32)17-35-27-29-28-26(25-10-7-15-34-25)31(27)20-8-5-4-6-9-20/h4-16H,17H2,1-3H3. The zero-order chi connectivity index (χ0) is 24.4. The molecule has 8 heteroatoms. The molecule has 0 saturated heterocycles. The Morgan fingerprint density at radius 1 is 0.943 bits per heavy atom. The molecule has 5 rings (SSSR count). The molecule has 0 unspecified atom stereocenters. The number of benzene rings is 2. The highest BCUT2D eigenvalue weighted by atomic mass is 32.2. The van der Waals surface area contributed by atoms with E-state index in [-0.39, 0.29) is 11.5 Å². The van der Waals surface area contributed by atoms with Crippen LogP contribution in [0.3, 0.4) is 0 Å². The fourth-order valence-corrected chi connectivity index (χ4v) is 4.96. The Morgan fingerprint density at radius 3 is 2.37 bits per heavy atom. The van der Waals surface area contributed by atoms with Gasteiger partial charge in [0, 0.05) is 28.3 Å². The SMILES string of the molecule is COc1ccc(-n2c(C)cc(C(=O)CSc3nnc(-c4ccco4)n3-c3ccccc3)c2C)cc1. The Morgan fingerprint density at radius 2 is 1.69 bits per heavy atom. The first kappa shape index (κ1) is 22.7. The summed E-state index contributed by atoms with van der Waals surface area (Å²) in [5.74, 6) is 2.26. The van der Waals surface area contributed by atoms with Crippen molar-refractivity contribution in [3.63, 3.8) is 0 Å². The van der Waals surface area contributed by atoms with Crippen LogP contribution in [0.5, 0.6) is 5.75 Å². The minimum atomic E-state index is 0.0324. The normalized spacial score (nSPS) is 11.1. The molecule has 35 heavy (non-hydrogen) atoms. The van der Waals surface area contributed by atoms with E-state index in [4.69, 9.17) is 9.15 Å². The van der Waals surface area contributed by atoms with Crippen LogP contribution >= 0.6 is 11.8 Å². The van der Waals surface area contributed by atoms with Crippen LogP contribution in [0.1, 0.15) is 21.7 Å². The highest BCUT2D eigenvalue weighted by Gasteiger charge is 2.21. The maximum atomic E-state index is 13.3. The molecule has 0 bridgehead atoms. The number of para-hydroxylation sites is 1. The van der Waals surface area contributed by atoms with Gasteiger partial charge in [-0.15, -0.1) is 10.2 Å². The third-order valence-electron chi connectivity index (χ3n) is 5.78. The zero-order valence-electron chi connectivity index (χ0n) is 19.6. The molecule has 3 heterocycles. The summed E-state index contributed by atoms with van der Waals surface area (Å²) in [6.07, 6.45) is 1.61. The first-order valence-corrected chi connectivity index (χ1v) is 12.1. The van der Waals surface area contributed by atoms with Crippen LogP contribution in [0, 0.1) is 13.8 Å². The van der Waals surface area contributed by atoms with Gasteiger partial charge in [-0.25, -0.2) is 0 Å². The van der Waals surface area contributed by atoms with Crippen LogP contribution in [0.15, 0.2) is 88.6 Å². The van der Waals surface area contributed by atoms with Gasteiger partial charge in [0.2, 0.25) is 5.82 Å². The Balaban J connectivity index is 1.41. The molecule has 0 radical (unpaired) electrons. The van der Waals surface area contributed by atoms with Crippen LogP contribution in [0.25, 0.3) is 23.0 Å². The minimum Gasteiger partial charge on any atom is -0.497 e. The number of furan rings is 1. The summed E-state index contributed by atoms with van der Waals surface area (Å²) in [6, 6.07) is 23.2. The van der Waals surface area contributed by atoms with Crippen molar-refractivity contribution in [1.82, 2.24) is 19.3 Å². The lowest BCUT2D eigenvalue weighted by Crippen LogP contribution is -2.07. The van der Waals surface area contributed by atoms with E-state index >= 15 is 0 Å². The van der Waals surface area contributed by atoms with Gasteiger partial charge in [-0.1, -0.05) is 30.0 Å². The lowest BCUT2D eigenvalue weighted by atomic mass is 10.2. The average molecular weight is 485 g/mol. The maximum Gasteiger partial charge on any atom is 0.205 e. The molecule has 176 valence electrons. The highest BCUT2D eigenvalue weighted by molar-refractivity contribution is 7.99. The summed E-state index contributed by atoms with van der Waals surface area (Å²) in [5, 5.41) is 9.34. The van der Waals surface area contributed by atoms with Crippen LogP contribution in [0.4, 0.5) is 0 Å². The van der Waals surface area contributed by atoms with Crippen molar-refractivity contribution in [3.8, 4) is 28.7 Å². The van der Waals surface area contributed by atoms with E-state index in [1.807, 2.05) is 91.2 Å². The molecule has 0 spiro atoms. The molecule has 5 aromatic rings. The number of ketones is 1. The quantitative estimate of drug-likeness (QED) is 0.201. The first-order valence-electron chi connectivity index (χ1n) is 11.1. The number of nitrogens with zero attached hydrogens (tertiary/aromatic N) is 4. The second kappa shape index (κ2) is 9.68. The van der Waals surface area contributed by atoms with E-state index in [2.05, 4.69) is 14.8 Å². The molecular weight excluding hydrogens is 460 g/mol. The van der Waals surface area contributed by atoms with E-state index in [0.29, 0.717) is 22.3 Å². The predicted molar refractivity (Wildman–Crippen MR) is 136 cm³/mol. The molecule has 0 aliphatic rings. The summed E-state index contributed by atoms with van der Waals surface area (Å²) >= 11 is 1.36. The fraction of sp³-hybridized carbons (Fsp3) is 0.148. The largest absolute Gasteiger partial charge is 0.497 e.